The first-order valence-corrected chi connectivity index (χ1v) is 18.8. The van der Waals surface area contributed by atoms with E-state index in [0.717, 1.165) is 110 Å². The Balaban J connectivity index is 1.03. The molecule has 12 rings (SSSR count). The Morgan fingerprint density at radius 3 is 1.91 bits per heavy atom. The molecule has 0 aliphatic carbocycles. The number of hydrogen-bond acceptors (Lipinski definition) is 5. The predicted octanol–water partition coefficient (Wildman–Crippen LogP) is 14.7. The highest BCUT2D eigenvalue weighted by Crippen LogP contribution is 2.44. The summed E-state index contributed by atoms with van der Waals surface area (Å²) in [7, 11) is 0. The van der Waals surface area contributed by atoms with Crippen LogP contribution >= 0.6 is 0 Å². The molecule has 0 radical (unpaired) electrons. The van der Waals surface area contributed by atoms with E-state index in [2.05, 4.69) is 157 Å². The number of anilines is 3. The van der Waals surface area contributed by atoms with Crippen molar-refractivity contribution < 1.29 is 13.3 Å². The highest BCUT2D eigenvalue weighted by Gasteiger charge is 2.21. The van der Waals surface area contributed by atoms with Gasteiger partial charge in [0.15, 0.2) is 5.58 Å². The van der Waals surface area contributed by atoms with E-state index in [1.54, 1.807) is 0 Å². The number of fused-ring (bicyclic) bond motifs is 10. The maximum Gasteiger partial charge on any atom is 0.228 e. The first-order chi connectivity index (χ1) is 27.7. The average Bonchev–Trinajstić information content (AvgIpc) is 3.96. The van der Waals surface area contributed by atoms with Crippen LogP contribution in [0.15, 0.2) is 195 Å². The molecule has 5 nitrogen and oxygen atoms in total. The summed E-state index contributed by atoms with van der Waals surface area (Å²) in [5.41, 5.74) is 11.0. The molecular formula is C51H30N2O3. The van der Waals surface area contributed by atoms with E-state index >= 15 is 0 Å². The van der Waals surface area contributed by atoms with Gasteiger partial charge < -0.3 is 18.2 Å². The number of rotatable bonds is 5. The summed E-state index contributed by atoms with van der Waals surface area (Å²) in [4.78, 5) is 7.23. The fraction of sp³-hybridized carbons (Fsp3) is 0. The van der Waals surface area contributed by atoms with Crippen molar-refractivity contribution >= 4 is 93.6 Å². The Hall–Kier alpha value is -7.63. The lowest BCUT2D eigenvalue weighted by atomic mass is 10.0. The fourth-order valence-electron chi connectivity index (χ4n) is 8.39. The molecule has 0 aliphatic rings. The van der Waals surface area contributed by atoms with E-state index in [0.29, 0.717) is 5.89 Å². The number of hydrogen-bond donors (Lipinski definition) is 0. The minimum Gasteiger partial charge on any atom is -0.456 e. The molecule has 9 aromatic carbocycles. The van der Waals surface area contributed by atoms with Gasteiger partial charge in [-0.25, -0.2) is 4.98 Å². The van der Waals surface area contributed by atoms with E-state index in [1.165, 1.54) is 0 Å². The highest BCUT2D eigenvalue weighted by atomic mass is 16.4. The van der Waals surface area contributed by atoms with Gasteiger partial charge in [-0.05, 0) is 94.0 Å². The number of furan rings is 2. The standard InChI is InChI=1S/C51H30N2O3/c1-2-10-31(11-3-1)33-15-8-16-36(26-33)53(37-21-24-40-41-23-20-32-12-6-7-17-39(32)50(41)55-46(40)29-37)38-22-25-42-47(30-38)54-45-19-9-18-43(49(42)45)51-52-44-27-34-13-4-5-14-35(34)28-48(44)56-51/h1-30H. The fourth-order valence-corrected chi connectivity index (χ4v) is 8.39. The van der Waals surface area contributed by atoms with Crippen molar-refractivity contribution in [2.24, 2.45) is 0 Å². The van der Waals surface area contributed by atoms with Crippen LogP contribution in [0.5, 0.6) is 0 Å². The van der Waals surface area contributed by atoms with Crippen LogP contribution in [0, 0.1) is 0 Å². The maximum atomic E-state index is 6.67. The van der Waals surface area contributed by atoms with E-state index in [9.17, 15) is 0 Å². The second-order valence-electron chi connectivity index (χ2n) is 14.3. The van der Waals surface area contributed by atoms with Crippen LogP contribution < -0.4 is 4.90 Å². The molecule has 0 spiro atoms. The van der Waals surface area contributed by atoms with E-state index in [-0.39, 0.29) is 0 Å². The molecule has 0 amide bonds. The second kappa shape index (κ2) is 11.9. The number of oxazole rings is 1. The summed E-state index contributed by atoms with van der Waals surface area (Å²) in [6, 6.07) is 63.3. The quantitative estimate of drug-likeness (QED) is 0.177. The third kappa shape index (κ3) is 4.78. The normalized spacial score (nSPS) is 11.9. The maximum absolute atomic E-state index is 6.67. The molecule has 0 bridgehead atoms. The summed E-state index contributed by atoms with van der Waals surface area (Å²) in [6.45, 7) is 0. The van der Waals surface area contributed by atoms with Gasteiger partial charge in [-0.3, -0.25) is 0 Å². The number of nitrogens with zero attached hydrogens (tertiary/aromatic N) is 2. The summed E-state index contributed by atoms with van der Waals surface area (Å²) >= 11 is 0. The molecule has 0 aliphatic heterocycles. The molecule has 0 N–H and O–H groups in total. The highest BCUT2D eigenvalue weighted by molar-refractivity contribution is 6.16. The predicted molar refractivity (Wildman–Crippen MR) is 229 cm³/mol. The smallest absolute Gasteiger partial charge is 0.228 e. The Labute approximate surface area is 320 Å². The molecule has 12 aromatic rings. The van der Waals surface area contributed by atoms with Crippen molar-refractivity contribution in [3.8, 4) is 22.6 Å². The Bertz CT molecular complexity index is 3450. The van der Waals surface area contributed by atoms with E-state index in [1.807, 2.05) is 30.3 Å². The molecule has 0 fully saturated rings. The zero-order valence-electron chi connectivity index (χ0n) is 29.9. The largest absolute Gasteiger partial charge is 0.456 e. The second-order valence-corrected chi connectivity index (χ2v) is 14.3. The topological polar surface area (TPSA) is 55.6 Å². The van der Waals surface area contributed by atoms with Crippen LogP contribution in [0.1, 0.15) is 0 Å². The third-order valence-corrected chi connectivity index (χ3v) is 11.0. The molecule has 0 saturated carbocycles. The molecule has 0 atom stereocenters. The van der Waals surface area contributed by atoms with Crippen LogP contribution in [0.3, 0.4) is 0 Å². The molecule has 0 unspecified atom stereocenters. The molecule has 56 heavy (non-hydrogen) atoms. The number of aromatic nitrogens is 1. The average molecular weight is 719 g/mol. The van der Waals surface area contributed by atoms with Crippen molar-refractivity contribution in [3.05, 3.63) is 182 Å². The molecule has 3 aromatic heterocycles. The first kappa shape index (κ1) is 30.8. The zero-order chi connectivity index (χ0) is 36.7. The van der Waals surface area contributed by atoms with Crippen molar-refractivity contribution in [1.29, 1.82) is 0 Å². The third-order valence-electron chi connectivity index (χ3n) is 11.0. The van der Waals surface area contributed by atoms with E-state index < -0.39 is 0 Å². The molecule has 3 heterocycles. The van der Waals surface area contributed by atoms with Gasteiger partial charge in [-0.15, -0.1) is 0 Å². The minimum atomic E-state index is 0.568. The van der Waals surface area contributed by atoms with Crippen molar-refractivity contribution in [2.45, 2.75) is 0 Å². The Morgan fingerprint density at radius 1 is 0.375 bits per heavy atom. The molecule has 0 saturated heterocycles. The van der Waals surface area contributed by atoms with Crippen molar-refractivity contribution in [3.63, 3.8) is 0 Å². The van der Waals surface area contributed by atoms with Gasteiger partial charge in [0.05, 0.1) is 0 Å². The van der Waals surface area contributed by atoms with Crippen LogP contribution in [0.2, 0.25) is 0 Å². The lowest BCUT2D eigenvalue weighted by molar-refractivity contribution is 0.620. The molecule has 5 heteroatoms. The monoisotopic (exact) mass is 718 g/mol. The van der Waals surface area contributed by atoms with Crippen molar-refractivity contribution in [2.75, 3.05) is 4.90 Å². The Morgan fingerprint density at radius 2 is 1.05 bits per heavy atom. The van der Waals surface area contributed by atoms with Gasteiger partial charge in [0, 0.05) is 61.7 Å². The minimum absolute atomic E-state index is 0.568. The van der Waals surface area contributed by atoms with Gasteiger partial charge in [0.1, 0.15) is 27.8 Å². The van der Waals surface area contributed by atoms with Gasteiger partial charge in [-0.2, -0.15) is 0 Å². The molecular weight excluding hydrogens is 689 g/mol. The lowest BCUT2D eigenvalue weighted by Gasteiger charge is -2.26. The molecule has 262 valence electrons. The van der Waals surface area contributed by atoms with Gasteiger partial charge in [0.25, 0.3) is 0 Å². The lowest BCUT2D eigenvalue weighted by Crippen LogP contribution is -2.09. The summed E-state index contributed by atoms with van der Waals surface area (Å²) in [6.07, 6.45) is 0. The zero-order valence-corrected chi connectivity index (χ0v) is 29.9. The van der Waals surface area contributed by atoms with Crippen LogP contribution in [-0.2, 0) is 0 Å². The van der Waals surface area contributed by atoms with Crippen molar-refractivity contribution in [1.82, 2.24) is 4.98 Å². The number of benzene rings is 9. The first-order valence-electron chi connectivity index (χ1n) is 18.8. The van der Waals surface area contributed by atoms with Gasteiger partial charge in [-0.1, -0.05) is 103 Å². The SMILES string of the molecule is c1ccc(-c2cccc(N(c3ccc4c(c3)oc3c5ccccc5ccc43)c3ccc4c(c3)oc3cccc(-c5nc6cc7ccccc7cc6o5)c34)c2)cc1. The van der Waals surface area contributed by atoms with Crippen LogP contribution in [-0.4, -0.2) is 4.98 Å². The summed E-state index contributed by atoms with van der Waals surface area (Å²) < 4.78 is 19.7. The summed E-state index contributed by atoms with van der Waals surface area (Å²) in [5.74, 6) is 0.568. The van der Waals surface area contributed by atoms with Gasteiger partial charge in [0.2, 0.25) is 5.89 Å². The van der Waals surface area contributed by atoms with Gasteiger partial charge >= 0.3 is 0 Å². The van der Waals surface area contributed by atoms with Crippen LogP contribution in [0.25, 0.3) is 99.1 Å². The van der Waals surface area contributed by atoms with E-state index in [4.69, 9.17) is 18.2 Å². The van der Waals surface area contributed by atoms with Crippen LogP contribution in [0.4, 0.5) is 17.1 Å². The Kier molecular flexibility index (Phi) is 6.56. The summed E-state index contributed by atoms with van der Waals surface area (Å²) in [5, 5.41) is 8.67.